The molecule has 2 aromatic rings. The molecule has 2 aromatic carbocycles. The van der Waals surface area contributed by atoms with Crippen molar-refractivity contribution >= 4 is 18.1 Å². The summed E-state index contributed by atoms with van der Waals surface area (Å²) in [7, 11) is 1.83. The summed E-state index contributed by atoms with van der Waals surface area (Å²) < 4.78 is 22.0. The third kappa shape index (κ3) is 16.3. The number of hydrogen-bond acceptors (Lipinski definition) is 11. The second-order valence-electron chi connectivity index (χ2n) is 12.9. The molecule has 2 saturated carbocycles. The van der Waals surface area contributed by atoms with E-state index in [4.69, 9.17) is 50.2 Å². The molecule has 0 bridgehead atoms. The molecule has 2 aliphatic carbocycles. The van der Waals surface area contributed by atoms with Crippen LogP contribution in [0.15, 0.2) is 59.7 Å². The monoisotopic (exact) mass is 710 g/mol. The van der Waals surface area contributed by atoms with Crippen LogP contribution >= 0.6 is 0 Å². The summed E-state index contributed by atoms with van der Waals surface area (Å²) in [5, 5.41) is 52.5. The Morgan fingerprint density at radius 1 is 0.731 bits per heavy atom. The van der Waals surface area contributed by atoms with Crippen LogP contribution in [0, 0.1) is 51.2 Å². The number of rotatable bonds is 11. The number of nitriles is 4. The zero-order valence-electron chi connectivity index (χ0n) is 30.5. The third-order valence-electron chi connectivity index (χ3n) is 8.40. The van der Waals surface area contributed by atoms with Crippen LogP contribution in [0.4, 0.5) is 0 Å². The van der Waals surface area contributed by atoms with Crippen molar-refractivity contribution in [2.24, 2.45) is 5.92 Å². The number of esters is 1. The summed E-state index contributed by atoms with van der Waals surface area (Å²) in [5.41, 5.74) is 1.79. The Morgan fingerprint density at radius 2 is 1.19 bits per heavy atom. The van der Waals surface area contributed by atoms with Crippen molar-refractivity contribution in [2.75, 3.05) is 20.3 Å². The van der Waals surface area contributed by atoms with Crippen molar-refractivity contribution in [3.63, 3.8) is 0 Å². The zero-order valence-corrected chi connectivity index (χ0v) is 30.5. The number of hydrogen-bond donors (Lipinski definition) is 2. The fourth-order valence-corrected chi connectivity index (χ4v) is 5.58. The topological polar surface area (TPSA) is 190 Å². The Balaban J connectivity index is 0.000000271. The van der Waals surface area contributed by atoms with Gasteiger partial charge in [0, 0.05) is 7.11 Å². The minimum Gasteiger partial charge on any atom is -0.491 e. The van der Waals surface area contributed by atoms with Gasteiger partial charge in [0.25, 0.3) is 0 Å². The van der Waals surface area contributed by atoms with Gasteiger partial charge in [0.05, 0.1) is 36.1 Å². The number of methoxy groups -OCH3 is 1. The molecule has 0 amide bonds. The molecule has 52 heavy (non-hydrogen) atoms. The first kappa shape index (κ1) is 43.2. The summed E-state index contributed by atoms with van der Waals surface area (Å²) in [6.45, 7) is 5.68. The van der Waals surface area contributed by atoms with E-state index < -0.39 is 18.2 Å². The van der Waals surface area contributed by atoms with E-state index in [9.17, 15) is 4.79 Å². The molecule has 0 radical (unpaired) electrons. The third-order valence-corrected chi connectivity index (χ3v) is 8.40. The van der Waals surface area contributed by atoms with E-state index in [1.165, 1.54) is 82.6 Å². The molecule has 11 heteroatoms. The molecule has 2 aliphatic rings. The molecule has 0 aliphatic heterocycles. The number of carbonyl (C=O) groups is 1. The van der Waals surface area contributed by atoms with Crippen molar-refractivity contribution in [3.05, 3.63) is 76.4 Å². The Kier molecular flexibility index (Phi) is 20.1. The van der Waals surface area contributed by atoms with Gasteiger partial charge in [-0.2, -0.15) is 21.0 Å². The fourth-order valence-electron chi connectivity index (χ4n) is 5.58. The van der Waals surface area contributed by atoms with Gasteiger partial charge in [-0.15, -0.1) is 0 Å². The van der Waals surface area contributed by atoms with Gasteiger partial charge in [-0.1, -0.05) is 56.9 Å². The van der Waals surface area contributed by atoms with E-state index in [0.29, 0.717) is 35.2 Å². The van der Waals surface area contributed by atoms with Crippen molar-refractivity contribution < 1.29 is 34.0 Å². The molecule has 0 aromatic heterocycles. The number of aliphatic hydroxyl groups is 2. The predicted octanol–water partition coefficient (Wildman–Crippen LogP) is 7.07. The molecule has 0 heterocycles. The smallest absolute Gasteiger partial charge is 0.338 e. The number of benzene rings is 2. The SMILES string of the molecule is CC(O)COC(=O)c1ccc(C=C(C#N)C#N)cc1.CC(O)COc1ccc(C=C(C#N)C#N)cc1.COC1CCCCC1OC1CCCCC1C. The van der Waals surface area contributed by atoms with Crippen LogP contribution in [0.5, 0.6) is 5.75 Å². The first-order chi connectivity index (χ1) is 25.0. The number of nitrogens with zero attached hydrogens (tertiary/aromatic N) is 4. The Hall–Kier alpha value is -5.01. The number of carbonyl (C=O) groups excluding carboxylic acids is 1. The molecule has 276 valence electrons. The van der Waals surface area contributed by atoms with E-state index in [0.717, 1.165) is 11.5 Å². The number of allylic oxidation sites excluding steroid dienone is 2. The summed E-state index contributed by atoms with van der Waals surface area (Å²) >= 11 is 0. The standard InChI is InChI=1S/C14H12N2O3.C14H26O2.C13H12N2O2/c1-10(17)9-19-14(18)13-4-2-11(3-5-13)6-12(7-15)8-16;1-11-7-3-4-8-12(11)16-14-10-6-5-9-13(14)15-2;1-10(16)9-17-13-4-2-11(3-5-13)6-12(7-14)8-15/h2-6,10,17H,9H2,1H3;11-14H,3-10H2,1-2H3;2-6,10,16H,9H2,1H3. The van der Waals surface area contributed by atoms with Gasteiger partial charge in [-0.05, 0) is 93.0 Å². The molecular weight excluding hydrogens is 660 g/mol. The molecule has 2 N–H and O–H groups in total. The summed E-state index contributed by atoms with van der Waals surface area (Å²) in [6.07, 6.45) is 13.2. The van der Waals surface area contributed by atoms with Crippen molar-refractivity contribution in [1.82, 2.24) is 0 Å². The highest BCUT2D eigenvalue weighted by Gasteiger charge is 2.31. The Labute approximate surface area is 307 Å². The highest BCUT2D eigenvalue weighted by molar-refractivity contribution is 5.89. The lowest BCUT2D eigenvalue weighted by Crippen LogP contribution is -2.39. The molecular formula is C41H50N4O7. The zero-order chi connectivity index (χ0) is 38.3. The van der Waals surface area contributed by atoms with Gasteiger partial charge in [-0.25, -0.2) is 4.79 Å². The molecule has 4 rings (SSSR count). The summed E-state index contributed by atoms with van der Waals surface area (Å²) in [6, 6.07) is 20.3. The van der Waals surface area contributed by atoms with E-state index in [-0.39, 0.29) is 24.4 Å². The summed E-state index contributed by atoms with van der Waals surface area (Å²) in [4.78, 5) is 11.5. The van der Waals surface area contributed by atoms with E-state index >= 15 is 0 Å². The maximum absolute atomic E-state index is 11.5. The van der Waals surface area contributed by atoms with E-state index in [2.05, 4.69) is 6.92 Å². The van der Waals surface area contributed by atoms with Crippen LogP contribution in [-0.2, 0) is 14.2 Å². The van der Waals surface area contributed by atoms with Gasteiger partial charge < -0.3 is 29.2 Å². The van der Waals surface area contributed by atoms with Crippen LogP contribution in [-0.4, -0.2) is 67.0 Å². The van der Waals surface area contributed by atoms with Gasteiger partial charge >= 0.3 is 5.97 Å². The van der Waals surface area contributed by atoms with Crippen LogP contribution < -0.4 is 4.74 Å². The molecule has 0 spiro atoms. The van der Waals surface area contributed by atoms with E-state index in [1.54, 1.807) is 67.6 Å². The highest BCUT2D eigenvalue weighted by atomic mass is 16.5. The predicted molar refractivity (Wildman–Crippen MR) is 196 cm³/mol. The van der Waals surface area contributed by atoms with Crippen LogP contribution in [0.1, 0.15) is 93.6 Å². The molecule has 6 unspecified atom stereocenters. The molecule has 11 nitrogen and oxygen atoms in total. The Bertz CT molecular complexity index is 1580. The van der Waals surface area contributed by atoms with Crippen LogP contribution in [0.25, 0.3) is 12.2 Å². The quantitative estimate of drug-likeness (QED) is 0.179. The average molecular weight is 711 g/mol. The molecule has 6 atom stereocenters. The lowest BCUT2D eigenvalue weighted by Gasteiger charge is -2.37. The number of aliphatic hydroxyl groups excluding tert-OH is 2. The first-order valence-corrected chi connectivity index (χ1v) is 17.6. The second-order valence-corrected chi connectivity index (χ2v) is 12.9. The average Bonchev–Trinajstić information content (AvgIpc) is 3.16. The minimum atomic E-state index is -0.708. The Morgan fingerprint density at radius 3 is 1.65 bits per heavy atom. The van der Waals surface area contributed by atoms with Crippen molar-refractivity contribution in [1.29, 1.82) is 21.0 Å². The van der Waals surface area contributed by atoms with E-state index in [1.807, 2.05) is 7.11 Å². The van der Waals surface area contributed by atoms with Crippen LogP contribution in [0.2, 0.25) is 0 Å². The minimum absolute atomic E-state index is 0.00979. The maximum Gasteiger partial charge on any atom is 0.338 e. The molecule has 0 saturated heterocycles. The maximum atomic E-state index is 11.5. The molecule has 2 fully saturated rings. The highest BCUT2D eigenvalue weighted by Crippen LogP contribution is 2.31. The van der Waals surface area contributed by atoms with Crippen molar-refractivity contribution in [2.45, 2.75) is 103 Å². The van der Waals surface area contributed by atoms with Crippen LogP contribution in [0.3, 0.4) is 0 Å². The fraction of sp³-hybridized carbons (Fsp3) is 0.488. The van der Waals surface area contributed by atoms with Gasteiger partial charge in [-0.3, -0.25) is 0 Å². The van der Waals surface area contributed by atoms with Gasteiger partial charge in [0.15, 0.2) is 0 Å². The van der Waals surface area contributed by atoms with Gasteiger partial charge in [0.1, 0.15) is 54.4 Å². The lowest BCUT2D eigenvalue weighted by atomic mass is 9.87. The first-order valence-electron chi connectivity index (χ1n) is 17.6. The number of ether oxygens (including phenoxy) is 4. The lowest BCUT2D eigenvalue weighted by molar-refractivity contribution is -0.127. The largest absolute Gasteiger partial charge is 0.491 e. The van der Waals surface area contributed by atoms with Gasteiger partial charge in [0.2, 0.25) is 0 Å². The normalized spacial score (nSPS) is 20.0. The summed E-state index contributed by atoms with van der Waals surface area (Å²) in [5.74, 6) is 0.851. The van der Waals surface area contributed by atoms with Crippen molar-refractivity contribution in [3.8, 4) is 30.0 Å². The second kappa shape index (κ2) is 24.2.